The number of ether oxygens (including phenoxy) is 3. The van der Waals surface area contributed by atoms with E-state index in [1.165, 1.54) is 28.8 Å². The second-order valence-corrected chi connectivity index (χ2v) is 26.5. The first kappa shape index (κ1) is 55.0. The number of nitro benzene ring substituents is 1. The van der Waals surface area contributed by atoms with Crippen LogP contribution in [0, 0.1) is 28.4 Å². The van der Waals surface area contributed by atoms with Gasteiger partial charge >= 0.3 is 0 Å². The van der Waals surface area contributed by atoms with Gasteiger partial charge in [-0.05, 0) is 148 Å². The summed E-state index contributed by atoms with van der Waals surface area (Å²) in [4.78, 5) is 44.1. The standard InChI is InChI=1S/C63H73N9O10S/c1-38(2)47-8-6-7-9-48(47)55-34-68(33-41-25-43-24-39(3)81-58(43)56(26-41)79-5)21-22-70(55)45-30-63(31-45)36-69(37-63)44-10-12-49(52(28-44)71-51-17-23-80-35-57(51)82-61-54(71)27-42-16-20-64-59(42)66-61)60(73)67-83(77,78)46-11-13-50(53(29-46)72(75)76)65-32-40-14-18-62(4,74)19-15-40/h6-13,16,20,24-29,38,40,45,51,55,57,65,74H,14-15,17-19,21-23,30-37H2,1-5H3,(H,64,66)(H,67,73)/t40?,51-,55-,57-,62?/m0/s1. The van der Waals surface area contributed by atoms with Crippen molar-refractivity contribution in [1.29, 1.82) is 0 Å². The molecule has 6 aliphatic rings. The van der Waals surface area contributed by atoms with E-state index >= 15 is 0 Å². The van der Waals surface area contributed by atoms with Crippen LogP contribution in [0.15, 0.2) is 107 Å². The summed E-state index contributed by atoms with van der Waals surface area (Å²) in [6.07, 6.45) is 6.80. The van der Waals surface area contributed by atoms with Crippen LogP contribution in [0.1, 0.15) is 110 Å². The van der Waals surface area contributed by atoms with Crippen LogP contribution in [-0.2, 0) is 21.3 Å². The highest BCUT2D eigenvalue weighted by molar-refractivity contribution is 7.90. The number of carbonyl (C=O) groups excluding carboxylic acids is 1. The van der Waals surface area contributed by atoms with Gasteiger partial charge in [-0.15, -0.1) is 0 Å². The van der Waals surface area contributed by atoms with E-state index in [0.717, 1.165) is 105 Å². The van der Waals surface area contributed by atoms with Gasteiger partial charge in [0.2, 0.25) is 5.88 Å². The van der Waals surface area contributed by atoms with Crippen LogP contribution in [0.3, 0.4) is 0 Å². The number of nitro groups is 1. The SMILES string of the molecule is COc1cc(CN2CCN(C3CC4(C3)CN(c3ccc(C(=O)NS(=O)(=O)c5ccc(NCC6CCC(C)(O)CC6)c([N+](=O)[O-])c5)c(N5c6cc7cc[nH]c7nc6O[C@H]6COCC[C@@H]65)c3)C4)[C@H](c3ccccc3C(C)C)C2)cc2cc(C)oc12. The Balaban J connectivity index is 0.766. The Kier molecular flexibility index (Phi) is 14.2. The average Bonchev–Trinajstić information content (AvgIpc) is 3.66. The Morgan fingerprint density at radius 1 is 0.976 bits per heavy atom. The smallest absolute Gasteiger partial charge is 0.293 e. The maximum Gasteiger partial charge on any atom is 0.293 e. The van der Waals surface area contributed by atoms with Crippen molar-refractivity contribution in [3.63, 3.8) is 0 Å². The number of hydrogen-bond donors (Lipinski definition) is 4. The molecule has 7 aromatic rings. The van der Waals surface area contributed by atoms with Crippen molar-refractivity contribution in [3.8, 4) is 11.6 Å². The molecule has 13 rings (SSSR count). The van der Waals surface area contributed by atoms with Crippen LogP contribution in [0.4, 0.5) is 28.4 Å². The number of furan rings is 1. The number of hydrogen-bond acceptors (Lipinski definition) is 16. The van der Waals surface area contributed by atoms with E-state index in [0.29, 0.717) is 73.9 Å². The fourth-order valence-electron chi connectivity index (χ4n) is 14.3. The lowest BCUT2D eigenvalue weighted by Crippen LogP contribution is -2.68. The summed E-state index contributed by atoms with van der Waals surface area (Å²) in [7, 11) is -2.95. The van der Waals surface area contributed by atoms with Gasteiger partial charge < -0.3 is 43.8 Å². The molecule has 83 heavy (non-hydrogen) atoms. The van der Waals surface area contributed by atoms with Gasteiger partial charge in [-0.3, -0.25) is 24.7 Å². The number of rotatable bonds is 15. The molecule has 2 saturated carbocycles. The van der Waals surface area contributed by atoms with Crippen molar-refractivity contribution in [2.45, 2.75) is 120 Å². The van der Waals surface area contributed by atoms with E-state index < -0.39 is 43.1 Å². The molecule has 3 saturated heterocycles. The number of H-pyrrole nitrogens is 1. The molecule has 4 aromatic carbocycles. The molecule has 436 valence electrons. The third kappa shape index (κ3) is 10.5. The van der Waals surface area contributed by atoms with Crippen LogP contribution >= 0.6 is 0 Å². The monoisotopic (exact) mass is 1150 g/mol. The maximum atomic E-state index is 14.8. The summed E-state index contributed by atoms with van der Waals surface area (Å²) in [5, 5.41) is 27.9. The van der Waals surface area contributed by atoms with Crippen molar-refractivity contribution in [1.82, 2.24) is 24.5 Å². The van der Waals surface area contributed by atoms with Gasteiger partial charge in [0.25, 0.3) is 21.6 Å². The Morgan fingerprint density at radius 3 is 2.57 bits per heavy atom. The number of aliphatic hydroxyl groups is 1. The van der Waals surface area contributed by atoms with Gasteiger partial charge in [-0.2, -0.15) is 4.98 Å². The lowest BCUT2D eigenvalue weighted by atomic mass is 9.59. The zero-order chi connectivity index (χ0) is 57.5. The molecule has 5 fully saturated rings. The molecule has 3 aromatic heterocycles. The molecular weight excluding hydrogens is 1070 g/mol. The molecule has 19 nitrogen and oxygen atoms in total. The lowest BCUT2D eigenvalue weighted by molar-refractivity contribution is -0.384. The summed E-state index contributed by atoms with van der Waals surface area (Å²) >= 11 is 0. The van der Waals surface area contributed by atoms with Crippen LogP contribution < -0.4 is 29.3 Å². The molecule has 0 bridgehead atoms. The second kappa shape index (κ2) is 21.4. The molecule has 7 heterocycles. The zero-order valence-corrected chi connectivity index (χ0v) is 48.5. The van der Waals surface area contributed by atoms with E-state index in [2.05, 4.69) is 90.9 Å². The number of pyridine rings is 1. The summed E-state index contributed by atoms with van der Waals surface area (Å²) in [6.45, 7) is 14.7. The minimum atomic E-state index is -4.65. The number of amides is 1. The predicted molar refractivity (Wildman–Crippen MR) is 318 cm³/mol. The first-order chi connectivity index (χ1) is 39.9. The molecule has 3 atom stereocenters. The van der Waals surface area contributed by atoms with Gasteiger partial charge in [0.15, 0.2) is 11.3 Å². The number of nitrogens with one attached hydrogen (secondary N) is 3. The molecule has 0 radical (unpaired) electrons. The lowest BCUT2D eigenvalue weighted by Gasteiger charge is -2.63. The van der Waals surface area contributed by atoms with Crippen molar-refractivity contribution in [3.05, 3.63) is 135 Å². The average molecular weight is 1150 g/mol. The number of anilines is 4. The fourth-order valence-corrected chi connectivity index (χ4v) is 15.3. The number of fused-ring (bicyclic) bond motifs is 4. The summed E-state index contributed by atoms with van der Waals surface area (Å²) in [6, 6.07) is 28.8. The van der Waals surface area contributed by atoms with Gasteiger partial charge in [0.05, 0.1) is 46.4 Å². The third-order valence-electron chi connectivity index (χ3n) is 18.7. The number of sulfonamides is 1. The van der Waals surface area contributed by atoms with E-state index in [9.17, 15) is 28.4 Å². The van der Waals surface area contributed by atoms with Crippen LogP contribution in [0.2, 0.25) is 0 Å². The quantitative estimate of drug-likeness (QED) is 0.0554. The van der Waals surface area contributed by atoms with E-state index in [1.807, 2.05) is 44.3 Å². The van der Waals surface area contributed by atoms with Gasteiger partial charge in [0, 0.05) is 98.6 Å². The van der Waals surface area contributed by atoms with Crippen molar-refractivity contribution in [2.75, 3.05) is 74.7 Å². The molecule has 20 heteroatoms. The highest BCUT2D eigenvalue weighted by atomic mass is 32.2. The Labute approximate surface area is 483 Å². The summed E-state index contributed by atoms with van der Waals surface area (Å²) in [5.74, 6) is 1.64. The minimum absolute atomic E-state index is 0.103. The van der Waals surface area contributed by atoms with Gasteiger partial charge in [-0.1, -0.05) is 38.1 Å². The van der Waals surface area contributed by atoms with Crippen LogP contribution in [0.25, 0.3) is 22.0 Å². The zero-order valence-electron chi connectivity index (χ0n) is 47.7. The Hall–Kier alpha value is -7.23. The molecule has 2 aliphatic carbocycles. The van der Waals surface area contributed by atoms with Gasteiger partial charge in [-0.25, -0.2) is 13.1 Å². The van der Waals surface area contributed by atoms with Gasteiger partial charge in [0.1, 0.15) is 28.9 Å². The Bertz CT molecular complexity index is 3740. The van der Waals surface area contributed by atoms with Crippen LogP contribution in [-0.4, -0.2) is 128 Å². The molecular formula is C63H73N9O10S. The summed E-state index contributed by atoms with van der Waals surface area (Å²) < 4.78 is 55.2. The molecule has 1 amide bonds. The molecule has 0 unspecified atom stereocenters. The van der Waals surface area contributed by atoms with Crippen molar-refractivity contribution in [2.24, 2.45) is 11.3 Å². The van der Waals surface area contributed by atoms with E-state index in [1.54, 1.807) is 13.2 Å². The molecule has 4 N–H and O–H groups in total. The number of benzene rings is 4. The van der Waals surface area contributed by atoms with Crippen molar-refractivity contribution < 1.29 is 41.9 Å². The summed E-state index contributed by atoms with van der Waals surface area (Å²) in [5.41, 5.74) is 6.64. The third-order valence-corrected chi connectivity index (χ3v) is 20.0. The second-order valence-electron chi connectivity index (χ2n) is 24.8. The first-order valence-corrected chi connectivity index (χ1v) is 30.8. The minimum Gasteiger partial charge on any atom is -0.493 e. The highest BCUT2D eigenvalue weighted by Crippen LogP contribution is 2.54. The van der Waals surface area contributed by atoms with Crippen molar-refractivity contribution >= 4 is 66.4 Å². The number of aromatic amines is 1. The normalized spacial score (nSPS) is 23.8. The number of methoxy groups -OCH3 is 1. The number of piperazine rings is 1. The number of aryl methyl sites for hydroxylation is 1. The fraction of sp³-hybridized carbons (Fsp3) is 0.460. The number of nitrogens with zero attached hydrogens (tertiary/aromatic N) is 6. The Morgan fingerprint density at radius 2 is 1.78 bits per heavy atom. The predicted octanol–water partition coefficient (Wildman–Crippen LogP) is 10.3. The first-order valence-electron chi connectivity index (χ1n) is 29.3. The van der Waals surface area contributed by atoms with E-state index in [4.69, 9.17) is 23.6 Å². The topological polar surface area (TPSA) is 221 Å². The van der Waals surface area contributed by atoms with E-state index in [-0.39, 0.29) is 34.7 Å². The maximum absolute atomic E-state index is 14.8. The number of aromatic nitrogens is 2. The van der Waals surface area contributed by atoms with Crippen LogP contribution in [0.5, 0.6) is 11.6 Å². The highest BCUT2D eigenvalue weighted by Gasteiger charge is 2.55. The molecule has 4 aliphatic heterocycles. The number of carbonyl (C=O) groups is 1. The largest absolute Gasteiger partial charge is 0.493 e. The molecule has 1 spiro atoms.